The van der Waals surface area contributed by atoms with Crippen LogP contribution in [0.4, 0.5) is 0 Å². The average Bonchev–Trinajstić information content (AvgIpc) is 3.34. The number of hydrogen-bond donors (Lipinski definition) is 0. The zero-order valence-electron chi connectivity index (χ0n) is 12.3. The van der Waals surface area contributed by atoms with Crippen LogP contribution in [0.1, 0.15) is 34.7 Å². The number of hydrogen-bond acceptors (Lipinski definition) is 5. The fourth-order valence-electron chi connectivity index (χ4n) is 3.26. The molecule has 2 aliphatic rings. The topological polar surface area (TPSA) is 24.8 Å². The number of hydrazone groups is 1. The van der Waals surface area contributed by atoms with E-state index in [0.717, 1.165) is 17.9 Å². The maximum absolute atomic E-state index is 6.29. The van der Waals surface area contributed by atoms with Crippen LogP contribution in [0.15, 0.2) is 63.7 Å². The standard InChI is InChI=1S/C18H14N2OS2/c1-2-5-16-13(4-1)15-10-14(12-7-9-22-11-12)19-20(15)18(21-16)17-6-3-8-23-17/h1-9,11,15,18H,10H2/t15-,18+/m0/s1. The first-order valence-electron chi connectivity index (χ1n) is 7.57. The summed E-state index contributed by atoms with van der Waals surface area (Å²) in [5.41, 5.74) is 3.61. The SMILES string of the molecule is c1csc([C@H]2Oc3ccccc3[C@@H]3CC(c4ccsc4)=NN23)c1. The van der Waals surface area contributed by atoms with Gasteiger partial charge in [0.1, 0.15) is 5.75 Å². The van der Waals surface area contributed by atoms with Crippen molar-refractivity contribution in [1.29, 1.82) is 0 Å². The molecule has 3 aromatic rings. The largest absolute Gasteiger partial charge is 0.464 e. The second kappa shape index (κ2) is 5.22. The highest BCUT2D eigenvalue weighted by molar-refractivity contribution is 7.10. The van der Waals surface area contributed by atoms with Crippen LogP contribution < -0.4 is 4.74 Å². The molecule has 5 heteroatoms. The number of ether oxygens (including phenoxy) is 1. The molecule has 0 aliphatic carbocycles. The Morgan fingerprint density at radius 3 is 2.87 bits per heavy atom. The second-order valence-electron chi connectivity index (χ2n) is 5.68. The van der Waals surface area contributed by atoms with Crippen LogP contribution in [0.5, 0.6) is 5.75 Å². The second-order valence-corrected chi connectivity index (χ2v) is 7.44. The molecule has 0 saturated carbocycles. The molecule has 0 bridgehead atoms. The predicted molar refractivity (Wildman–Crippen MR) is 94.2 cm³/mol. The molecule has 0 saturated heterocycles. The molecule has 4 heterocycles. The van der Waals surface area contributed by atoms with Gasteiger partial charge in [0.25, 0.3) is 0 Å². The lowest BCUT2D eigenvalue weighted by molar-refractivity contribution is -0.0165. The smallest absolute Gasteiger partial charge is 0.222 e. The number of fused-ring (bicyclic) bond motifs is 3. The normalized spacial score (nSPS) is 22.3. The molecule has 1 aromatic carbocycles. The van der Waals surface area contributed by atoms with E-state index in [1.165, 1.54) is 16.0 Å². The van der Waals surface area contributed by atoms with Gasteiger partial charge in [-0.25, -0.2) is 5.01 Å². The van der Waals surface area contributed by atoms with Gasteiger partial charge in [-0.05, 0) is 34.3 Å². The van der Waals surface area contributed by atoms with Crippen LogP contribution in [-0.2, 0) is 0 Å². The van der Waals surface area contributed by atoms with E-state index in [4.69, 9.17) is 9.84 Å². The quantitative estimate of drug-likeness (QED) is 0.653. The summed E-state index contributed by atoms with van der Waals surface area (Å²) in [5, 5.41) is 13.4. The molecule has 5 rings (SSSR count). The van der Waals surface area contributed by atoms with Crippen molar-refractivity contribution in [2.24, 2.45) is 5.10 Å². The van der Waals surface area contributed by atoms with Crippen LogP contribution in [0.2, 0.25) is 0 Å². The van der Waals surface area contributed by atoms with Gasteiger partial charge < -0.3 is 4.74 Å². The Morgan fingerprint density at radius 2 is 2.04 bits per heavy atom. The number of benzene rings is 1. The average molecular weight is 338 g/mol. The Hall–Kier alpha value is -2.11. The molecule has 2 aromatic heterocycles. The van der Waals surface area contributed by atoms with E-state index in [0.29, 0.717) is 0 Å². The van der Waals surface area contributed by atoms with E-state index >= 15 is 0 Å². The lowest BCUT2D eigenvalue weighted by atomic mass is 9.97. The van der Waals surface area contributed by atoms with Crippen LogP contribution in [0, 0.1) is 0 Å². The Morgan fingerprint density at radius 1 is 1.09 bits per heavy atom. The third kappa shape index (κ3) is 2.11. The van der Waals surface area contributed by atoms with E-state index in [9.17, 15) is 0 Å². The van der Waals surface area contributed by atoms with Crippen molar-refractivity contribution in [2.45, 2.75) is 18.7 Å². The third-order valence-electron chi connectivity index (χ3n) is 4.34. The van der Waals surface area contributed by atoms with E-state index in [2.05, 4.69) is 57.5 Å². The van der Waals surface area contributed by atoms with Crippen molar-refractivity contribution in [2.75, 3.05) is 0 Å². The van der Waals surface area contributed by atoms with Crippen LogP contribution >= 0.6 is 22.7 Å². The minimum atomic E-state index is -0.133. The first-order chi connectivity index (χ1) is 11.4. The van der Waals surface area contributed by atoms with Gasteiger partial charge in [0, 0.05) is 17.5 Å². The van der Waals surface area contributed by atoms with E-state index < -0.39 is 0 Å². The van der Waals surface area contributed by atoms with Crippen LogP contribution in [0.25, 0.3) is 0 Å². The maximum atomic E-state index is 6.29. The van der Waals surface area contributed by atoms with Gasteiger partial charge in [0.05, 0.1) is 16.6 Å². The van der Waals surface area contributed by atoms with Gasteiger partial charge in [-0.3, -0.25) is 0 Å². The lowest BCUT2D eigenvalue weighted by Crippen LogP contribution is -2.33. The minimum absolute atomic E-state index is 0.133. The molecule has 114 valence electrons. The summed E-state index contributed by atoms with van der Waals surface area (Å²) >= 11 is 3.43. The number of rotatable bonds is 2. The summed E-state index contributed by atoms with van der Waals surface area (Å²) in [4.78, 5) is 1.19. The molecule has 0 radical (unpaired) electrons. The van der Waals surface area contributed by atoms with Gasteiger partial charge in [-0.1, -0.05) is 24.3 Å². The van der Waals surface area contributed by atoms with E-state index in [1.807, 2.05) is 6.07 Å². The Kier molecular flexibility index (Phi) is 3.02. The summed E-state index contributed by atoms with van der Waals surface area (Å²) in [5.74, 6) is 0.980. The van der Waals surface area contributed by atoms with Crippen molar-refractivity contribution >= 4 is 28.4 Å². The minimum Gasteiger partial charge on any atom is -0.464 e. The van der Waals surface area contributed by atoms with Crippen molar-refractivity contribution in [3.05, 3.63) is 74.6 Å². The van der Waals surface area contributed by atoms with E-state index in [-0.39, 0.29) is 12.3 Å². The van der Waals surface area contributed by atoms with Crippen LogP contribution in [0.3, 0.4) is 0 Å². The van der Waals surface area contributed by atoms with Crippen molar-refractivity contribution < 1.29 is 4.74 Å². The molecule has 0 N–H and O–H groups in total. The zero-order valence-corrected chi connectivity index (χ0v) is 13.9. The first kappa shape index (κ1) is 13.3. The maximum Gasteiger partial charge on any atom is 0.222 e. The molecule has 3 nitrogen and oxygen atoms in total. The van der Waals surface area contributed by atoms with Gasteiger partial charge >= 0.3 is 0 Å². The zero-order chi connectivity index (χ0) is 15.2. The molecule has 0 fully saturated rings. The van der Waals surface area contributed by atoms with E-state index in [1.54, 1.807) is 22.7 Å². The molecule has 0 amide bonds. The number of para-hydroxylation sites is 1. The molecular formula is C18H14N2OS2. The molecule has 0 unspecified atom stereocenters. The molecule has 23 heavy (non-hydrogen) atoms. The first-order valence-corrected chi connectivity index (χ1v) is 9.40. The Labute approximate surface area is 142 Å². The van der Waals surface area contributed by atoms with Crippen molar-refractivity contribution in [3.8, 4) is 5.75 Å². The molecular weight excluding hydrogens is 324 g/mol. The molecule has 0 spiro atoms. The summed E-state index contributed by atoms with van der Waals surface area (Å²) in [6.45, 7) is 0. The van der Waals surface area contributed by atoms with Crippen molar-refractivity contribution in [3.63, 3.8) is 0 Å². The number of thiophene rings is 2. The van der Waals surface area contributed by atoms with Gasteiger partial charge in [0.15, 0.2) is 0 Å². The summed E-state index contributed by atoms with van der Waals surface area (Å²) in [7, 11) is 0. The summed E-state index contributed by atoms with van der Waals surface area (Å²) in [6, 6.07) is 14.9. The number of nitrogens with zero attached hydrogens (tertiary/aromatic N) is 2. The lowest BCUT2D eigenvalue weighted by Gasteiger charge is -2.37. The highest BCUT2D eigenvalue weighted by Crippen LogP contribution is 2.48. The van der Waals surface area contributed by atoms with Gasteiger partial charge in [0.2, 0.25) is 6.23 Å². The Balaban J connectivity index is 1.62. The Bertz CT molecular complexity index is 855. The third-order valence-corrected chi connectivity index (χ3v) is 5.93. The van der Waals surface area contributed by atoms with Gasteiger partial charge in [-0.2, -0.15) is 16.4 Å². The van der Waals surface area contributed by atoms with Crippen molar-refractivity contribution in [1.82, 2.24) is 5.01 Å². The van der Waals surface area contributed by atoms with Crippen LogP contribution in [-0.4, -0.2) is 10.7 Å². The molecule has 2 atom stereocenters. The summed E-state index contributed by atoms with van der Waals surface area (Å²) < 4.78 is 6.29. The highest BCUT2D eigenvalue weighted by Gasteiger charge is 2.41. The fourth-order valence-corrected chi connectivity index (χ4v) is 4.67. The monoisotopic (exact) mass is 338 g/mol. The van der Waals surface area contributed by atoms with Gasteiger partial charge in [-0.15, -0.1) is 11.3 Å². The molecule has 2 aliphatic heterocycles. The fraction of sp³-hybridized carbons (Fsp3) is 0.167. The summed E-state index contributed by atoms with van der Waals surface area (Å²) in [6.07, 6.45) is 0.796. The highest BCUT2D eigenvalue weighted by atomic mass is 32.1. The predicted octanol–water partition coefficient (Wildman–Crippen LogP) is 5.05.